The van der Waals surface area contributed by atoms with Crippen LogP contribution in [0.3, 0.4) is 0 Å². The van der Waals surface area contributed by atoms with Gasteiger partial charge in [0.15, 0.2) is 0 Å². The van der Waals surface area contributed by atoms with E-state index in [-0.39, 0.29) is 23.9 Å². The molecule has 1 saturated carbocycles. The maximum absolute atomic E-state index is 12.6. The van der Waals surface area contributed by atoms with Gasteiger partial charge in [-0.3, -0.25) is 9.59 Å². The van der Waals surface area contributed by atoms with Crippen molar-refractivity contribution in [1.29, 1.82) is 0 Å². The standard InChI is InChI=1S/C19H26N4O2/c1-22-12-20-11-16(22)19-15(8-9-18(25)23(19)14-6-7-14)21-17(24)10-13-4-2-3-5-13/h2,4,11-15,19H,3,5-10H2,1H3,(H,21,24)/t13-,15+,19+/m0/s1. The molecule has 2 aliphatic carbocycles. The molecular formula is C19H26N4O2. The Morgan fingerprint density at radius 2 is 2.16 bits per heavy atom. The molecule has 0 bridgehead atoms. The lowest BCUT2D eigenvalue weighted by atomic mass is 9.92. The molecule has 0 radical (unpaired) electrons. The molecule has 1 aromatic heterocycles. The van der Waals surface area contributed by atoms with Crippen LogP contribution in [0.1, 0.15) is 56.7 Å². The van der Waals surface area contributed by atoms with Gasteiger partial charge < -0.3 is 14.8 Å². The highest BCUT2D eigenvalue weighted by atomic mass is 16.2. The van der Waals surface area contributed by atoms with Gasteiger partial charge in [0, 0.05) is 25.9 Å². The third kappa shape index (κ3) is 3.34. The Bertz CT molecular complexity index is 691. The second-order valence-electron chi connectivity index (χ2n) is 7.59. The maximum atomic E-state index is 12.6. The van der Waals surface area contributed by atoms with Crippen LogP contribution in [-0.2, 0) is 16.6 Å². The molecule has 0 spiro atoms. The van der Waals surface area contributed by atoms with Crippen LogP contribution in [0.2, 0.25) is 0 Å². The number of nitrogens with one attached hydrogen (secondary N) is 1. The lowest BCUT2D eigenvalue weighted by Gasteiger charge is -2.41. The molecule has 2 heterocycles. The number of nitrogens with zero attached hydrogens (tertiary/aromatic N) is 3. The van der Waals surface area contributed by atoms with Crippen LogP contribution in [0.4, 0.5) is 0 Å². The number of aromatic nitrogens is 2. The highest BCUT2D eigenvalue weighted by molar-refractivity contribution is 5.80. The van der Waals surface area contributed by atoms with E-state index in [1.807, 2.05) is 22.7 Å². The van der Waals surface area contributed by atoms with E-state index in [2.05, 4.69) is 22.5 Å². The van der Waals surface area contributed by atoms with Crippen molar-refractivity contribution < 1.29 is 9.59 Å². The van der Waals surface area contributed by atoms with E-state index in [0.717, 1.165) is 31.4 Å². The lowest BCUT2D eigenvalue weighted by Crippen LogP contribution is -2.53. The largest absolute Gasteiger partial charge is 0.351 e. The summed E-state index contributed by atoms with van der Waals surface area (Å²) in [5.41, 5.74) is 1.01. The van der Waals surface area contributed by atoms with Crippen LogP contribution in [-0.4, -0.2) is 38.3 Å². The molecule has 1 N–H and O–H groups in total. The van der Waals surface area contributed by atoms with Crippen molar-refractivity contribution in [2.75, 3.05) is 0 Å². The van der Waals surface area contributed by atoms with Crippen LogP contribution >= 0.6 is 0 Å². The van der Waals surface area contributed by atoms with Crippen molar-refractivity contribution >= 4 is 11.8 Å². The number of imidazole rings is 1. The van der Waals surface area contributed by atoms with Crippen LogP contribution in [0.5, 0.6) is 0 Å². The molecule has 25 heavy (non-hydrogen) atoms. The molecule has 4 rings (SSSR count). The van der Waals surface area contributed by atoms with Gasteiger partial charge in [-0.25, -0.2) is 4.98 Å². The van der Waals surface area contributed by atoms with Gasteiger partial charge in [-0.1, -0.05) is 12.2 Å². The number of hydrogen-bond donors (Lipinski definition) is 1. The van der Waals surface area contributed by atoms with Crippen LogP contribution < -0.4 is 5.32 Å². The summed E-state index contributed by atoms with van der Waals surface area (Å²) in [6.07, 6.45) is 13.9. The summed E-state index contributed by atoms with van der Waals surface area (Å²) in [5, 5.41) is 3.24. The Labute approximate surface area is 148 Å². The molecule has 1 aromatic rings. The average molecular weight is 342 g/mol. The monoisotopic (exact) mass is 342 g/mol. The van der Waals surface area contributed by atoms with Gasteiger partial charge in [-0.05, 0) is 38.0 Å². The third-order valence-corrected chi connectivity index (χ3v) is 5.64. The first-order valence-corrected chi connectivity index (χ1v) is 9.37. The van der Waals surface area contributed by atoms with Gasteiger partial charge in [0.2, 0.25) is 11.8 Å². The van der Waals surface area contributed by atoms with Gasteiger partial charge >= 0.3 is 0 Å². The van der Waals surface area contributed by atoms with Gasteiger partial charge in [-0.15, -0.1) is 0 Å². The zero-order valence-corrected chi connectivity index (χ0v) is 14.7. The van der Waals surface area contributed by atoms with E-state index >= 15 is 0 Å². The Balaban J connectivity index is 1.54. The summed E-state index contributed by atoms with van der Waals surface area (Å²) in [6, 6.07) is 0.181. The molecular weight excluding hydrogens is 316 g/mol. The first kappa shape index (κ1) is 16.4. The smallest absolute Gasteiger partial charge is 0.223 e. The summed E-state index contributed by atoms with van der Waals surface area (Å²) < 4.78 is 1.97. The summed E-state index contributed by atoms with van der Waals surface area (Å²) >= 11 is 0. The van der Waals surface area contributed by atoms with Gasteiger partial charge in [0.05, 0.1) is 30.3 Å². The predicted molar refractivity (Wildman–Crippen MR) is 93.5 cm³/mol. The minimum absolute atomic E-state index is 0.0356. The van der Waals surface area contributed by atoms with E-state index in [4.69, 9.17) is 0 Å². The van der Waals surface area contributed by atoms with E-state index in [1.54, 1.807) is 6.33 Å². The molecule has 2 fully saturated rings. The van der Waals surface area contributed by atoms with Gasteiger partial charge in [0.25, 0.3) is 0 Å². The molecule has 1 saturated heterocycles. The Hall–Kier alpha value is -2.11. The van der Waals surface area contributed by atoms with Crippen molar-refractivity contribution in [1.82, 2.24) is 19.8 Å². The molecule has 3 aliphatic rings. The summed E-state index contributed by atoms with van der Waals surface area (Å²) in [5.74, 6) is 0.664. The Kier molecular flexibility index (Phi) is 4.36. The number of hydrogen-bond acceptors (Lipinski definition) is 3. The number of allylic oxidation sites excluding steroid dienone is 2. The topological polar surface area (TPSA) is 67.2 Å². The first-order chi connectivity index (χ1) is 12.1. The fourth-order valence-corrected chi connectivity index (χ4v) is 4.22. The number of aryl methyl sites for hydroxylation is 1. The molecule has 6 heteroatoms. The second-order valence-corrected chi connectivity index (χ2v) is 7.59. The Morgan fingerprint density at radius 1 is 1.32 bits per heavy atom. The zero-order chi connectivity index (χ0) is 17.4. The summed E-state index contributed by atoms with van der Waals surface area (Å²) in [6.45, 7) is 0. The number of likely N-dealkylation sites (tertiary alicyclic amines) is 1. The number of carbonyl (C=O) groups excluding carboxylic acids is 2. The van der Waals surface area contributed by atoms with Crippen LogP contribution in [0, 0.1) is 5.92 Å². The Morgan fingerprint density at radius 3 is 2.80 bits per heavy atom. The van der Waals surface area contributed by atoms with Gasteiger partial charge in [-0.2, -0.15) is 0 Å². The lowest BCUT2D eigenvalue weighted by molar-refractivity contribution is -0.140. The fraction of sp³-hybridized carbons (Fsp3) is 0.632. The zero-order valence-electron chi connectivity index (χ0n) is 14.7. The second kappa shape index (κ2) is 6.65. The van der Waals surface area contributed by atoms with Crippen molar-refractivity contribution in [2.24, 2.45) is 13.0 Å². The van der Waals surface area contributed by atoms with Crippen molar-refractivity contribution in [3.05, 3.63) is 30.4 Å². The summed E-state index contributed by atoms with van der Waals surface area (Å²) in [7, 11) is 1.95. The van der Waals surface area contributed by atoms with Crippen LogP contribution in [0.15, 0.2) is 24.7 Å². The number of rotatable bonds is 5. The van der Waals surface area contributed by atoms with Crippen LogP contribution in [0.25, 0.3) is 0 Å². The molecule has 6 nitrogen and oxygen atoms in total. The highest BCUT2D eigenvalue weighted by Crippen LogP contribution is 2.40. The normalized spacial score (nSPS) is 29.2. The molecule has 2 amide bonds. The van der Waals surface area contributed by atoms with Crippen molar-refractivity contribution in [2.45, 2.75) is 63.1 Å². The van der Waals surface area contributed by atoms with E-state index in [0.29, 0.717) is 31.2 Å². The third-order valence-electron chi connectivity index (χ3n) is 5.64. The first-order valence-electron chi connectivity index (χ1n) is 9.37. The summed E-state index contributed by atoms with van der Waals surface area (Å²) in [4.78, 5) is 31.4. The minimum Gasteiger partial charge on any atom is -0.351 e. The van der Waals surface area contributed by atoms with E-state index < -0.39 is 0 Å². The highest BCUT2D eigenvalue weighted by Gasteiger charge is 2.45. The average Bonchev–Trinajstić information content (AvgIpc) is 3.12. The molecule has 0 aromatic carbocycles. The van der Waals surface area contributed by atoms with E-state index in [1.165, 1.54) is 0 Å². The fourth-order valence-electron chi connectivity index (χ4n) is 4.22. The maximum Gasteiger partial charge on any atom is 0.223 e. The predicted octanol–water partition coefficient (Wildman–Crippen LogP) is 2.09. The molecule has 134 valence electrons. The number of piperidine rings is 1. The number of amides is 2. The van der Waals surface area contributed by atoms with E-state index in [9.17, 15) is 9.59 Å². The molecule has 3 atom stereocenters. The van der Waals surface area contributed by atoms with Crippen molar-refractivity contribution in [3.8, 4) is 0 Å². The molecule has 0 unspecified atom stereocenters. The quantitative estimate of drug-likeness (QED) is 0.833. The van der Waals surface area contributed by atoms with Gasteiger partial charge in [0.1, 0.15) is 0 Å². The molecule has 1 aliphatic heterocycles. The number of carbonyl (C=O) groups is 2. The van der Waals surface area contributed by atoms with Crippen molar-refractivity contribution in [3.63, 3.8) is 0 Å². The minimum atomic E-state index is -0.107. The SMILES string of the molecule is Cn1cncc1[C@H]1[C@H](NC(=O)C[C@H]2C=CCC2)CCC(=O)N1C1CC1.